The van der Waals surface area contributed by atoms with Crippen LogP contribution in [0.15, 0.2) is 0 Å². The first kappa shape index (κ1) is 16.2. The molecule has 1 atom stereocenters. The van der Waals surface area contributed by atoms with Gasteiger partial charge < -0.3 is 19.1 Å². The third-order valence-electron chi connectivity index (χ3n) is 5.32. The van der Waals surface area contributed by atoms with Crippen LogP contribution in [0.25, 0.3) is 0 Å². The summed E-state index contributed by atoms with van der Waals surface area (Å²) >= 11 is 0. The Morgan fingerprint density at radius 2 is 1.91 bits per heavy atom. The quantitative estimate of drug-likeness (QED) is 0.760. The molecule has 0 radical (unpaired) electrons. The molecule has 0 aromatic heterocycles. The molecule has 3 rings (SSSR count). The van der Waals surface area contributed by atoms with Gasteiger partial charge in [-0.05, 0) is 25.7 Å². The Kier molecular flexibility index (Phi) is 5.33. The number of likely N-dealkylation sites (tertiary alicyclic amines) is 1. The molecule has 3 fully saturated rings. The predicted molar refractivity (Wildman–Crippen MR) is 81.8 cm³/mol. The Labute approximate surface area is 132 Å². The van der Waals surface area contributed by atoms with Crippen LogP contribution in [0.3, 0.4) is 0 Å². The second-order valence-corrected chi connectivity index (χ2v) is 6.64. The highest BCUT2D eigenvalue weighted by molar-refractivity contribution is 5.77. The molecule has 0 aliphatic carbocycles. The number of piperidine rings is 1. The monoisotopic (exact) mass is 312 g/mol. The van der Waals surface area contributed by atoms with Crippen molar-refractivity contribution < 1.29 is 19.0 Å². The van der Waals surface area contributed by atoms with Crippen LogP contribution in [0.5, 0.6) is 0 Å². The average molecular weight is 312 g/mol. The first-order chi connectivity index (χ1) is 10.7. The van der Waals surface area contributed by atoms with Gasteiger partial charge >= 0.3 is 0 Å². The molecule has 1 unspecified atom stereocenters. The van der Waals surface area contributed by atoms with E-state index in [0.29, 0.717) is 6.04 Å². The van der Waals surface area contributed by atoms with Crippen molar-refractivity contribution in [3.8, 4) is 0 Å². The fourth-order valence-corrected chi connectivity index (χ4v) is 3.98. The van der Waals surface area contributed by atoms with Gasteiger partial charge in [-0.15, -0.1) is 0 Å². The molecule has 3 saturated heterocycles. The lowest BCUT2D eigenvalue weighted by Gasteiger charge is -2.49. The number of carbonyl (C=O) groups excluding carboxylic acids is 1. The first-order valence-corrected chi connectivity index (χ1v) is 8.45. The summed E-state index contributed by atoms with van der Waals surface area (Å²) in [6.45, 7) is 6.39. The Hall–Kier alpha value is -0.690. The number of ether oxygens (including phenoxy) is 3. The second kappa shape index (κ2) is 7.25. The van der Waals surface area contributed by atoms with Gasteiger partial charge in [0.2, 0.25) is 5.91 Å². The molecular formula is C16H28N2O4. The first-order valence-electron chi connectivity index (χ1n) is 8.45. The molecule has 6 nitrogen and oxygen atoms in total. The van der Waals surface area contributed by atoms with Gasteiger partial charge in [0.05, 0.1) is 18.8 Å². The summed E-state index contributed by atoms with van der Waals surface area (Å²) in [5.74, 6) is 0.0953. The molecule has 126 valence electrons. The van der Waals surface area contributed by atoms with Crippen LogP contribution < -0.4 is 0 Å². The van der Waals surface area contributed by atoms with E-state index in [9.17, 15) is 4.79 Å². The molecule has 3 aliphatic rings. The number of hydrogen-bond donors (Lipinski definition) is 0. The van der Waals surface area contributed by atoms with Crippen LogP contribution in [0, 0.1) is 0 Å². The molecule has 1 amide bonds. The molecule has 0 saturated carbocycles. The maximum atomic E-state index is 11.9. The standard InChI is InChI=1S/C16H28N2O4/c1-20-13-15(19)18-5-3-16(4-6-18)12-14(2-9-22-16)17-7-10-21-11-8-17/h14H,2-13H2,1H3. The minimum atomic E-state index is -0.0227. The van der Waals surface area contributed by atoms with Crippen LogP contribution >= 0.6 is 0 Å². The van der Waals surface area contributed by atoms with Crippen molar-refractivity contribution in [1.82, 2.24) is 9.80 Å². The number of hydrogen-bond acceptors (Lipinski definition) is 5. The summed E-state index contributed by atoms with van der Waals surface area (Å²) in [6.07, 6.45) is 4.11. The van der Waals surface area contributed by atoms with E-state index in [4.69, 9.17) is 14.2 Å². The molecular weight excluding hydrogens is 284 g/mol. The van der Waals surface area contributed by atoms with Crippen LogP contribution in [0.2, 0.25) is 0 Å². The summed E-state index contributed by atoms with van der Waals surface area (Å²) in [4.78, 5) is 16.4. The van der Waals surface area contributed by atoms with E-state index in [2.05, 4.69) is 4.90 Å². The molecule has 0 aromatic rings. The number of rotatable bonds is 3. The lowest BCUT2D eigenvalue weighted by atomic mass is 9.81. The lowest BCUT2D eigenvalue weighted by Crippen LogP contribution is -2.56. The normalized spacial score (nSPS) is 29.7. The van der Waals surface area contributed by atoms with Crippen molar-refractivity contribution in [2.75, 3.05) is 59.7 Å². The molecule has 0 N–H and O–H groups in total. The summed E-state index contributed by atoms with van der Waals surface area (Å²) in [5.41, 5.74) is -0.0227. The van der Waals surface area contributed by atoms with E-state index >= 15 is 0 Å². The summed E-state index contributed by atoms with van der Waals surface area (Å²) < 4.78 is 16.6. The number of amides is 1. The molecule has 0 aromatic carbocycles. The van der Waals surface area contributed by atoms with Gasteiger partial charge in [0.1, 0.15) is 6.61 Å². The van der Waals surface area contributed by atoms with Crippen molar-refractivity contribution in [1.29, 1.82) is 0 Å². The molecule has 22 heavy (non-hydrogen) atoms. The highest BCUT2D eigenvalue weighted by Gasteiger charge is 2.42. The van der Waals surface area contributed by atoms with Gasteiger partial charge in [-0.25, -0.2) is 0 Å². The third kappa shape index (κ3) is 3.62. The smallest absolute Gasteiger partial charge is 0.248 e. The maximum absolute atomic E-state index is 11.9. The van der Waals surface area contributed by atoms with E-state index in [1.807, 2.05) is 4.90 Å². The van der Waals surface area contributed by atoms with Gasteiger partial charge in [0.15, 0.2) is 0 Å². The molecule has 3 aliphatic heterocycles. The minimum Gasteiger partial charge on any atom is -0.379 e. The summed E-state index contributed by atoms with van der Waals surface area (Å²) in [5, 5.41) is 0. The third-order valence-corrected chi connectivity index (χ3v) is 5.32. The number of morpholine rings is 1. The Morgan fingerprint density at radius 1 is 1.18 bits per heavy atom. The van der Waals surface area contributed by atoms with Gasteiger partial charge in [-0.1, -0.05) is 0 Å². The van der Waals surface area contributed by atoms with Crippen molar-refractivity contribution in [3.63, 3.8) is 0 Å². The topological polar surface area (TPSA) is 51.2 Å². The van der Waals surface area contributed by atoms with Gasteiger partial charge in [0.25, 0.3) is 0 Å². The number of methoxy groups -OCH3 is 1. The van der Waals surface area contributed by atoms with Crippen molar-refractivity contribution >= 4 is 5.91 Å². The van der Waals surface area contributed by atoms with Gasteiger partial charge in [0, 0.05) is 45.9 Å². The SMILES string of the molecule is COCC(=O)N1CCC2(CC1)CC(N1CCOCC1)CCO2. The number of nitrogens with zero attached hydrogens (tertiary/aromatic N) is 2. The minimum absolute atomic E-state index is 0.0227. The Morgan fingerprint density at radius 3 is 2.59 bits per heavy atom. The van der Waals surface area contributed by atoms with Crippen molar-refractivity contribution in [2.45, 2.75) is 37.3 Å². The highest BCUT2D eigenvalue weighted by Crippen LogP contribution is 2.36. The van der Waals surface area contributed by atoms with E-state index in [0.717, 1.165) is 71.7 Å². The molecule has 1 spiro atoms. The van der Waals surface area contributed by atoms with E-state index in [1.54, 1.807) is 7.11 Å². The second-order valence-electron chi connectivity index (χ2n) is 6.64. The number of carbonyl (C=O) groups is 1. The maximum Gasteiger partial charge on any atom is 0.248 e. The van der Waals surface area contributed by atoms with Crippen molar-refractivity contribution in [3.05, 3.63) is 0 Å². The molecule has 3 heterocycles. The zero-order valence-electron chi connectivity index (χ0n) is 13.6. The van der Waals surface area contributed by atoms with E-state index < -0.39 is 0 Å². The Bertz CT molecular complexity index is 376. The fourth-order valence-electron chi connectivity index (χ4n) is 3.98. The summed E-state index contributed by atoms with van der Waals surface area (Å²) in [7, 11) is 1.57. The molecule has 0 bridgehead atoms. The predicted octanol–water partition coefficient (Wildman–Crippen LogP) is 0.505. The van der Waals surface area contributed by atoms with Crippen LogP contribution in [-0.2, 0) is 19.0 Å². The highest BCUT2D eigenvalue weighted by atomic mass is 16.5. The molecule has 6 heteroatoms. The van der Waals surface area contributed by atoms with Crippen molar-refractivity contribution in [2.24, 2.45) is 0 Å². The summed E-state index contributed by atoms with van der Waals surface area (Å²) in [6, 6.07) is 0.610. The fraction of sp³-hybridized carbons (Fsp3) is 0.938. The Balaban J connectivity index is 1.54. The van der Waals surface area contributed by atoms with E-state index in [1.165, 1.54) is 0 Å². The van der Waals surface area contributed by atoms with Crippen LogP contribution in [-0.4, -0.2) is 87.1 Å². The van der Waals surface area contributed by atoms with Gasteiger partial charge in [-0.2, -0.15) is 0 Å². The largest absolute Gasteiger partial charge is 0.379 e. The lowest BCUT2D eigenvalue weighted by molar-refractivity contribution is -0.154. The van der Waals surface area contributed by atoms with Crippen LogP contribution in [0.1, 0.15) is 25.7 Å². The zero-order chi connectivity index (χ0) is 15.4. The van der Waals surface area contributed by atoms with Gasteiger partial charge in [-0.3, -0.25) is 9.69 Å². The average Bonchev–Trinajstić information content (AvgIpc) is 2.57. The van der Waals surface area contributed by atoms with E-state index in [-0.39, 0.29) is 18.1 Å². The zero-order valence-corrected chi connectivity index (χ0v) is 13.6. The van der Waals surface area contributed by atoms with Crippen LogP contribution in [0.4, 0.5) is 0 Å².